The number of piperidine rings is 3. The first-order valence-corrected chi connectivity index (χ1v) is 10.8. The molecule has 1 aromatic heterocycles. The summed E-state index contributed by atoms with van der Waals surface area (Å²) in [4.78, 5) is 6.86. The van der Waals surface area contributed by atoms with Gasteiger partial charge in [0.05, 0.1) is 18.7 Å². The normalized spacial score (nSPS) is 23.8. The van der Waals surface area contributed by atoms with Gasteiger partial charge in [0.1, 0.15) is 5.75 Å². The van der Waals surface area contributed by atoms with Crippen molar-refractivity contribution in [3.63, 3.8) is 0 Å². The van der Waals surface area contributed by atoms with Crippen molar-refractivity contribution < 1.29 is 49.3 Å². The number of aliphatic hydroxyl groups excluding tert-OH is 1. The molecule has 12 nitrogen and oxygen atoms in total. The molecule has 190 valence electrons. The van der Waals surface area contributed by atoms with Crippen LogP contribution in [0.1, 0.15) is 24.5 Å². The Bertz CT molecular complexity index is 980. The van der Waals surface area contributed by atoms with Crippen molar-refractivity contribution in [3.05, 3.63) is 48.7 Å². The molecule has 0 saturated carbocycles. The molecule has 0 aliphatic carbocycles. The van der Waals surface area contributed by atoms with Crippen LogP contribution in [-0.2, 0) is 10.4 Å². The van der Waals surface area contributed by atoms with Crippen LogP contribution < -0.4 is 4.74 Å². The van der Waals surface area contributed by atoms with Crippen LogP contribution in [0, 0.1) is 11.8 Å². The van der Waals surface area contributed by atoms with Crippen LogP contribution in [0.4, 0.5) is 0 Å². The van der Waals surface area contributed by atoms with Gasteiger partial charge in [-0.2, -0.15) is 8.42 Å². The van der Waals surface area contributed by atoms with Gasteiger partial charge in [-0.25, -0.2) is 0 Å². The second-order valence-electron chi connectivity index (χ2n) is 7.42. The Labute approximate surface area is 192 Å². The molecule has 1 aromatic carbocycles. The predicted molar refractivity (Wildman–Crippen MR) is 124 cm³/mol. The summed E-state index contributed by atoms with van der Waals surface area (Å²) in [5.74, 6) is 2.01. The monoisotopic (exact) mass is 494 g/mol. The number of nitrogens with zero attached hydrogens (tertiary/aromatic N) is 2. The highest BCUT2D eigenvalue weighted by molar-refractivity contribution is 7.79. The lowest BCUT2D eigenvalue weighted by atomic mass is 9.73. The van der Waals surface area contributed by atoms with Gasteiger partial charge >= 0.3 is 10.4 Å². The van der Waals surface area contributed by atoms with Gasteiger partial charge in [0, 0.05) is 24.2 Å². The average molecular weight is 495 g/mol. The lowest BCUT2D eigenvalue weighted by Crippen LogP contribution is -2.54. The smallest absolute Gasteiger partial charge is 0.394 e. The zero-order valence-corrected chi connectivity index (χ0v) is 19.0. The summed E-state index contributed by atoms with van der Waals surface area (Å²) in [5.41, 5.74) is 1.85. The molecule has 0 spiro atoms. The second-order valence-corrected chi connectivity index (χ2v) is 8.32. The number of benzene rings is 1. The maximum Gasteiger partial charge on any atom is 0.394 e. The van der Waals surface area contributed by atoms with Crippen LogP contribution in [0.2, 0.25) is 0 Å². The summed E-state index contributed by atoms with van der Waals surface area (Å²) in [6, 6.07) is 7.96. The summed E-state index contributed by atoms with van der Waals surface area (Å²) >= 11 is 0. The van der Waals surface area contributed by atoms with E-state index in [-0.39, 0.29) is 27.9 Å². The van der Waals surface area contributed by atoms with Gasteiger partial charge in [-0.1, -0.05) is 6.08 Å². The highest BCUT2D eigenvalue weighted by Crippen LogP contribution is 2.42. The van der Waals surface area contributed by atoms with E-state index in [1.165, 1.54) is 6.42 Å². The third-order valence-electron chi connectivity index (χ3n) is 5.82. The van der Waals surface area contributed by atoms with Gasteiger partial charge < -0.3 is 31.7 Å². The summed E-state index contributed by atoms with van der Waals surface area (Å²) in [7, 11) is -3.01. The van der Waals surface area contributed by atoms with Gasteiger partial charge in [-0.05, 0) is 61.1 Å². The molecule has 33 heavy (non-hydrogen) atoms. The van der Waals surface area contributed by atoms with Crippen molar-refractivity contribution >= 4 is 21.3 Å². The van der Waals surface area contributed by atoms with Crippen molar-refractivity contribution in [1.82, 2.24) is 9.88 Å². The van der Waals surface area contributed by atoms with Crippen LogP contribution >= 0.6 is 0 Å². The minimum absolute atomic E-state index is 0. The molecule has 13 heteroatoms. The molecule has 11 N–H and O–H groups in total. The summed E-state index contributed by atoms with van der Waals surface area (Å²) < 4.78 is 36.9. The largest absolute Gasteiger partial charge is 0.497 e. The van der Waals surface area contributed by atoms with E-state index < -0.39 is 16.5 Å². The van der Waals surface area contributed by atoms with E-state index >= 15 is 0 Å². The Kier molecular flexibility index (Phi) is 13.5. The minimum Gasteiger partial charge on any atom is -0.497 e. The first-order chi connectivity index (χ1) is 13.7. The average Bonchev–Trinajstić information content (AvgIpc) is 2.71. The number of methoxy groups -OCH3 is 1. The number of fused-ring (bicyclic) bond motifs is 4. The minimum atomic E-state index is -4.67. The van der Waals surface area contributed by atoms with Gasteiger partial charge in [-0.15, -0.1) is 6.58 Å². The van der Waals surface area contributed by atoms with Crippen molar-refractivity contribution in [3.8, 4) is 5.75 Å². The van der Waals surface area contributed by atoms with Crippen molar-refractivity contribution in [2.45, 2.75) is 25.0 Å². The first-order valence-electron chi connectivity index (χ1n) is 9.38. The fourth-order valence-electron chi connectivity index (χ4n) is 4.44. The van der Waals surface area contributed by atoms with Crippen molar-refractivity contribution in [2.24, 2.45) is 11.8 Å². The zero-order chi connectivity index (χ0) is 21.2. The quantitative estimate of drug-likeness (QED) is 0.358. The van der Waals surface area contributed by atoms with Crippen LogP contribution in [0.3, 0.4) is 0 Å². The lowest BCUT2D eigenvalue weighted by Gasteiger charge is -2.50. The SMILES string of the molecule is C=C[C@H]1CN2CC[C@H]1C[C@@H]2[C@@H](O)c1ccnc2ccc(OC)cc12.O.O.O.O.O=S(=O)(O)O. The summed E-state index contributed by atoms with van der Waals surface area (Å²) in [6.07, 6.45) is 5.62. The molecule has 3 fully saturated rings. The molecule has 2 bridgehead atoms. The number of aliphatic hydroxyl groups is 1. The molecule has 5 rings (SSSR count). The van der Waals surface area contributed by atoms with E-state index in [1.807, 2.05) is 24.3 Å². The van der Waals surface area contributed by atoms with E-state index in [2.05, 4.69) is 22.5 Å². The molecule has 2 aromatic rings. The molecule has 4 heterocycles. The van der Waals surface area contributed by atoms with Crippen molar-refractivity contribution in [1.29, 1.82) is 0 Å². The topological polar surface area (TPSA) is 246 Å². The maximum atomic E-state index is 11.2. The van der Waals surface area contributed by atoms with E-state index in [1.54, 1.807) is 13.3 Å². The second kappa shape index (κ2) is 13.5. The fraction of sp³-hybridized carbons (Fsp3) is 0.450. The summed E-state index contributed by atoms with van der Waals surface area (Å²) in [6.45, 7) is 6.07. The highest BCUT2D eigenvalue weighted by Gasteiger charge is 2.42. The van der Waals surface area contributed by atoms with Crippen LogP contribution in [0.15, 0.2) is 43.1 Å². The molecule has 0 radical (unpaired) electrons. The Morgan fingerprint density at radius 3 is 2.36 bits per heavy atom. The molecule has 3 aliphatic heterocycles. The van der Waals surface area contributed by atoms with Gasteiger partial charge in [0.25, 0.3) is 0 Å². The number of aromatic nitrogens is 1. The van der Waals surface area contributed by atoms with E-state index in [0.29, 0.717) is 11.8 Å². The van der Waals surface area contributed by atoms with Crippen molar-refractivity contribution in [2.75, 3.05) is 20.2 Å². The molecule has 0 amide bonds. The Balaban J connectivity index is 0. The van der Waals surface area contributed by atoms with Crippen LogP contribution in [0.5, 0.6) is 5.75 Å². The third kappa shape index (κ3) is 7.96. The maximum absolute atomic E-state index is 11.2. The van der Waals surface area contributed by atoms with Crippen LogP contribution in [-0.4, -0.2) is 80.7 Å². The number of pyridine rings is 1. The molecule has 1 unspecified atom stereocenters. The number of hydrogen-bond acceptors (Lipinski definition) is 6. The Morgan fingerprint density at radius 1 is 1.21 bits per heavy atom. The Morgan fingerprint density at radius 2 is 1.85 bits per heavy atom. The van der Waals surface area contributed by atoms with E-state index in [0.717, 1.165) is 41.7 Å². The number of rotatable bonds is 4. The fourth-order valence-corrected chi connectivity index (χ4v) is 4.44. The van der Waals surface area contributed by atoms with Gasteiger partial charge in [0.15, 0.2) is 0 Å². The lowest BCUT2D eigenvalue weighted by molar-refractivity contribution is -0.0444. The predicted octanol–water partition coefficient (Wildman–Crippen LogP) is -0.778. The first kappa shape index (κ1) is 33.0. The molecule has 3 saturated heterocycles. The highest BCUT2D eigenvalue weighted by atomic mass is 32.3. The standard InChI is InChI=1S/C20H24N2O2.H2O4S.4H2O/c1-3-13-12-22-9-7-14(13)10-19(22)20(23)16-6-8-21-18-5-4-15(24-2)11-17(16)18;1-5(2,3)4;;;;/h3-6,8,11,13-14,19-20,23H,1,7,9-10,12H2,2H3;(H2,1,2,3,4);4*1H2/t13-,14-,19+,20-;;;;;/m0...../s1. The zero-order valence-electron chi connectivity index (χ0n) is 18.2. The molecular formula is C20H34N2O10S. The summed E-state index contributed by atoms with van der Waals surface area (Å²) in [5, 5.41) is 12.1. The third-order valence-corrected chi connectivity index (χ3v) is 5.82. The molecule has 5 atom stereocenters. The Hall–Kier alpha value is -2.20. The van der Waals surface area contributed by atoms with E-state index in [4.69, 9.17) is 22.3 Å². The molecule has 3 aliphatic rings. The number of hydrogen-bond donors (Lipinski definition) is 3. The molecular weight excluding hydrogens is 460 g/mol. The van der Waals surface area contributed by atoms with E-state index in [9.17, 15) is 5.11 Å². The number of ether oxygens (including phenoxy) is 1. The van der Waals surface area contributed by atoms with Crippen LogP contribution in [0.25, 0.3) is 10.9 Å². The van der Waals surface area contributed by atoms with Gasteiger partial charge in [-0.3, -0.25) is 19.0 Å². The van der Waals surface area contributed by atoms with Gasteiger partial charge in [0.2, 0.25) is 0 Å².